The van der Waals surface area contributed by atoms with Gasteiger partial charge in [0.05, 0.1) is 42.4 Å². The predicted molar refractivity (Wildman–Crippen MR) is 100 cm³/mol. The Labute approximate surface area is 152 Å². The lowest BCUT2D eigenvalue weighted by atomic mass is 10.2. The van der Waals surface area contributed by atoms with Gasteiger partial charge in [-0.15, -0.1) is 0 Å². The summed E-state index contributed by atoms with van der Waals surface area (Å²) in [5.74, 6) is 0.615. The number of benzene rings is 1. The molecule has 134 valence electrons. The summed E-state index contributed by atoms with van der Waals surface area (Å²) in [5.41, 5.74) is 1.83. The fraction of sp³-hybridized carbons (Fsp3) is 0.333. The molecular weight excluding hydrogens is 342 g/mol. The van der Waals surface area contributed by atoms with E-state index in [0.29, 0.717) is 27.8 Å². The first-order valence-electron chi connectivity index (χ1n) is 7.96. The molecule has 0 fully saturated rings. The number of nitrogens with one attached hydrogen (secondary N) is 1. The average Bonchev–Trinajstić information content (AvgIpc) is 2.64. The van der Waals surface area contributed by atoms with Crippen LogP contribution in [0, 0.1) is 0 Å². The van der Waals surface area contributed by atoms with E-state index in [4.69, 9.17) is 21.1 Å². The average molecular weight is 364 g/mol. The molecular formula is C18H22ClN3O3. The summed E-state index contributed by atoms with van der Waals surface area (Å²) in [5, 5.41) is 3.23. The first-order valence-corrected chi connectivity index (χ1v) is 8.34. The first-order chi connectivity index (χ1) is 12.0. The van der Waals surface area contributed by atoms with Crippen molar-refractivity contribution in [3.8, 4) is 11.5 Å². The van der Waals surface area contributed by atoms with Crippen LogP contribution < -0.4 is 19.7 Å². The molecule has 0 aliphatic heterocycles. The van der Waals surface area contributed by atoms with Gasteiger partial charge in [0.25, 0.3) is 5.91 Å². The van der Waals surface area contributed by atoms with Crippen molar-refractivity contribution in [3.05, 3.63) is 41.2 Å². The monoisotopic (exact) mass is 363 g/mol. The van der Waals surface area contributed by atoms with Gasteiger partial charge in [-0.05, 0) is 19.9 Å². The Morgan fingerprint density at radius 3 is 2.40 bits per heavy atom. The lowest BCUT2D eigenvalue weighted by molar-refractivity contribution is 0.102. The molecule has 0 atom stereocenters. The lowest BCUT2D eigenvalue weighted by Gasteiger charge is -2.21. The van der Waals surface area contributed by atoms with E-state index in [9.17, 15) is 4.79 Å². The molecule has 1 aromatic heterocycles. The molecule has 1 aromatic carbocycles. The number of anilines is 2. The summed E-state index contributed by atoms with van der Waals surface area (Å²) in [7, 11) is 3.02. The van der Waals surface area contributed by atoms with Crippen LogP contribution >= 0.6 is 11.6 Å². The van der Waals surface area contributed by atoms with E-state index in [1.54, 1.807) is 18.3 Å². The Balaban J connectivity index is 2.29. The summed E-state index contributed by atoms with van der Waals surface area (Å²) in [6.07, 6.45) is 3.28. The van der Waals surface area contributed by atoms with Crippen LogP contribution in [0.25, 0.3) is 0 Å². The number of nitrogens with zero attached hydrogens (tertiary/aromatic N) is 2. The number of carbonyl (C=O) groups is 1. The highest BCUT2D eigenvalue weighted by Gasteiger charge is 2.15. The quantitative estimate of drug-likeness (QED) is 0.809. The smallest absolute Gasteiger partial charge is 0.257 e. The molecule has 1 heterocycles. The number of hydrogen-bond donors (Lipinski definition) is 1. The molecule has 0 unspecified atom stereocenters. The maximum Gasteiger partial charge on any atom is 0.257 e. The van der Waals surface area contributed by atoms with E-state index < -0.39 is 0 Å². The molecule has 6 nitrogen and oxygen atoms in total. The van der Waals surface area contributed by atoms with Gasteiger partial charge in [-0.2, -0.15) is 0 Å². The standard InChI is InChI=1S/C18H22ClN3O3/c1-5-22(6-2)13-7-12(10-20-11-13)18(23)21-15-9-16(24-3)14(19)8-17(15)25-4/h7-11H,5-6H2,1-4H3,(H,21,23). The van der Waals surface area contributed by atoms with Gasteiger partial charge in [0.2, 0.25) is 0 Å². The van der Waals surface area contributed by atoms with Crippen molar-refractivity contribution < 1.29 is 14.3 Å². The molecule has 0 saturated heterocycles. The molecule has 1 N–H and O–H groups in total. The molecule has 0 aliphatic carbocycles. The molecule has 0 saturated carbocycles. The van der Waals surface area contributed by atoms with Gasteiger partial charge >= 0.3 is 0 Å². The van der Waals surface area contributed by atoms with Crippen molar-refractivity contribution in [1.82, 2.24) is 4.98 Å². The highest BCUT2D eigenvalue weighted by molar-refractivity contribution is 6.32. The Hall–Kier alpha value is -2.47. The predicted octanol–water partition coefficient (Wildman–Crippen LogP) is 3.85. The van der Waals surface area contributed by atoms with E-state index in [0.717, 1.165) is 18.8 Å². The summed E-state index contributed by atoms with van der Waals surface area (Å²) in [4.78, 5) is 18.9. The Kier molecular flexibility index (Phi) is 6.47. The zero-order valence-corrected chi connectivity index (χ0v) is 15.6. The number of amides is 1. The topological polar surface area (TPSA) is 63.7 Å². The van der Waals surface area contributed by atoms with Gasteiger partial charge in [0.15, 0.2) is 0 Å². The van der Waals surface area contributed by atoms with Crippen LogP contribution in [0.5, 0.6) is 11.5 Å². The minimum Gasteiger partial charge on any atom is -0.495 e. The number of carbonyl (C=O) groups excluding carboxylic acids is 1. The minimum absolute atomic E-state index is 0.288. The van der Waals surface area contributed by atoms with Crippen LogP contribution in [0.1, 0.15) is 24.2 Å². The zero-order valence-electron chi connectivity index (χ0n) is 14.8. The van der Waals surface area contributed by atoms with Gasteiger partial charge in [0.1, 0.15) is 11.5 Å². The first kappa shape index (κ1) is 18.9. The fourth-order valence-electron chi connectivity index (χ4n) is 2.47. The van der Waals surface area contributed by atoms with E-state index >= 15 is 0 Å². The number of rotatable bonds is 7. The van der Waals surface area contributed by atoms with Crippen molar-refractivity contribution in [1.29, 1.82) is 0 Å². The molecule has 1 amide bonds. The fourth-order valence-corrected chi connectivity index (χ4v) is 2.70. The number of aromatic nitrogens is 1. The summed E-state index contributed by atoms with van der Waals surface area (Å²) in [6.45, 7) is 5.79. The van der Waals surface area contributed by atoms with E-state index in [1.165, 1.54) is 20.4 Å². The maximum absolute atomic E-state index is 12.6. The van der Waals surface area contributed by atoms with Gasteiger partial charge in [-0.1, -0.05) is 11.6 Å². The van der Waals surface area contributed by atoms with E-state index in [2.05, 4.69) is 29.0 Å². The lowest BCUT2D eigenvalue weighted by Crippen LogP contribution is -2.22. The van der Waals surface area contributed by atoms with Crippen LogP contribution in [-0.4, -0.2) is 38.2 Å². The van der Waals surface area contributed by atoms with Crippen LogP contribution in [0.4, 0.5) is 11.4 Å². The van der Waals surface area contributed by atoms with E-state index in [-0.39, 0.29) is 5.91 Å². The second-order valence-corrected chi connectivity index (χ2v) is 5.65. The Morgan fingerprint density at radius 2 is 1.80 bits per heavy atom. The minimum atomic E-state index is -0.288. The Bertz CT molecular complexity index is 748. The van der Waals surface area contributed by atoms with Gasteiger partial charge < -0.3 is 19.7 Å². The molecule has 0 radical (unpaired) electrons. The SMILES string of the molecule is CCN(CC)c1cncc(C(=O)Nc2cc(OC)c(Cl)cc2OC)c1. The number of methoxy groups -OCH3 is 2. The summed E-state index contributed by atoms with van der Waals surface area (Å²) >= 11 is 6.09. The largest absolute Gasteiger partial charge is 0.495 e. The summed E-state index contributed by atoms with van der Waals surface area (Å²) in [6, 6.07) is 5.04. The van der Waals surface area contributed by atoms with Crippen molar-refractivity contribution in [2.45, 2.75) is 13.8 Å². The maximum atomic E-state index is 12.6. The van der Waals surface area contributed by atoms with Crippen LogP contribution in [0.3, 0.4) is 0 Å². The number of hydrogen-bond acceptors (Lipinski definition) is 5. The third-order valence-corrected chi connectivity index (χ3v) is 4.13. The second-order valence-electron chi connectivity index (χ2n) is 5.25. The van der Waals surface area contributed by atoms with Gasteiger partial charge in [-0.25, -0.2) is 0 Å². The molecule has 2 aromatic rings. The van der Waals surface area contributed by atoms with E-state index in [1.807, 2.05) is 6.07 Å². The van der Waals surface area contributed by atoms with Gasteiger partial charge in [-0.3, -0.25) is 9.78 Å². The molecule has 0 bridgehead atoms. The highest BCUT2D eigenvalue weighted by Crippen LogP contribution is 2.36. The van der Waals surface area contributed by atoms with Crippen molar-refractivity contribution in [2.75, 3.05) is 37.5 Å². The third-order valence-electron chi connectivity index (χ3n) is 3.84. The number of halogens is 1. The zero-order chi connectivity index (χ0) is 18.4. The number of ether oxygens (including phenoxy) is 2. The van der Waals surface area contributed by atoms with Crippen molar-refractivity contribution in [2.24, 2.45) is 0 Å². The molecule has 2 rings (SSSR count). The van der Waals surface area contributed by atoms with Gasteiger partial charge in [0, 0.05) is 31.4 Å². The molecule has 25 heavy (non-hydrogen) atoms. The number of pyridine rings is 1. The molecule has 0 aliphatic rings. The van der Waals surface area contributed by atoms with Crippen LogP contribution in [0.2, 0.25) is 5.02 Å². The molecule has 0 spiro atoms. The normalized spacial score (nSPS) is 10.3. The highest BCUT2D eigenvalue weighted by atomic mass is 35.5. The molecule has 7 heteroatoms. The second kappa shape index (κ2) is 8.58. The van der Waals surface area contributed by atoms with Crippen LogP contribution in [-0.2, 0) is 0 Å². The van der Waals surface area contributed by atoms with Crippen LogP contribution in [0.15, 0.2) is 30.6 Å². The van der Waals surface area contributed by atoms with Crippen molar-refractivity contribution >= 4 is 28.9 Å². The third kappa shape index (κ3) is 4.33. The van der Waals surface area contributed by atoms with Crippen molar-refractivity contribution in [3.63, 3.8) is 0 Å². The Morgan fingerprint density at radius 1 is 1.12 bits per heavy atom. The summed E-state index contributed by atoms with van der Waals surface area (Å²) < 4.78 is 10.5.